The van der Waals surface area contributed by atoms with Crippen molar-refractivity contribution in [1.29, 1.82) is 0 Å². The van der Waals surface area contributed by atoms with E-state index in [1.807, 2.05) is 7.05 Å². The summed E-state index contributed by atoms with van der Waals surface area (Å²) in [5.41, 5.74) is 10.3. The highest BCUT2D eigenvalue weighted by atomic mass is 16.1. The second kappa shape index (κ2) is 4.67. The fraction of sp³-hybridized carbons (Fsp3) is 0.333. The number of aromatic nitrogens is 2. The zero-order valence-electron chi connectivity index (χ0n) is 11.8. The van der Waals surface area contributed by atoms with E-state index in [2.05, 4.69) is 41.2 Å². The molecule has 0 saturated carbocycles. The van der Waals surface area contributed by atoms with Crippen molar-refractivity contribution in [2.24, 2.45) is 12.8 Å². The van der Waals surface area contributed by atoms with Crippen molar-refractivity contribution in [1.82, 2.24) is 9.78 Å². The van der Waals surface area contributed by atoms with E-state index in [-0.39, 0.29) is 0 Å². The monoisotopic (exact) mass is 270 g/mol. The molecule has 2 aromatic rings. The maximum atomic E-state index is 11.5. The van der Waals surface area contributed by atoms with Gasteiger partial charge in [-0.1, -0.05) is 17.7 Å². The minimum atomic E-state index is -0.451. The lowest BCUT2D eigenvalue weighted by atomic mass is 10.0. The lowest BCUT2D eigenvalue weighted by Gasteiger charge is -2.29. The SMILES string of the molecule is Cc1ccc(N2CCc3c(c(C(N)=O)nn3C)C2)cc1. The molecule has 0 saturated heterocycles. The first-order valence-corrected chi connectivity index (χ1v) is 6.72. The van der Waals surface area contributed by atoms with Crippen molar-refractivity contribution in [2.75, 3.05) is 11.4 Å². The van der Waals surface area contributed by atoms with E-state index >= 15 is 0 Å². The van der Waals surface area contributed by atoms with Gasteiger partial charge in [-0.25, -0.2) is 0 Å². The highest BCUT2D eigenvalue weighted by Crippen LogP contribution is 2.26. The van der Waals surface area contributed by atoms with Gasteiger partial charge in [-0.15, -0.1) is 0 Å². The number of aryl methyl sites for hydroxylation is 2. The number of primary amides is 1. The Labute approximate surface area is 118 Å². The van der Waals surface area contributed by atoms with Gasteiger partial charge in [0.15, 0.2) is 5.69 Å². The molecule has 2 N–H and O–H groups in total. The van der Waals surface area contributed by atoms with Gasteiger partial charge in [0.1, 0.15) is 0 Å². The number of nitrogens with zero attached hydrogens (tertiary/aromatic N) is 3. The Morgan fingerprint density at radius 1 is 1.30 bits per heavy atom. The molecule has 1 aromatic carbocycles. The molecule has 1 aromatic heterocycles. The summed E-state index contributed by atoms with van der Waals surface area (Å²) < 4.78 is 1.78. The molecule has 0 atom stereocenters. The fourth-order valence-corrected chi connectivity index (χ4v) is 2.77. The Morgan fingerprint density at radius 2 is 2.00 bits per heavy atom. The largest absolute Gasteiger partial charge is 0.367 e. The van der Waals surface area contributed by atoms with Gasteiger partial charge in [-0.05, 0) is 19.1 Å². The zero-order valence-corrected chi connectivity index (χ0v) is 11.8. The quantitative estimate of drug-likeness (QED) is 0.897. The molecule has 5 nitrogen and oxygen atoms in total. The topological polar surface area (TPSA) is 64.2 Å². The van der Waals surface area contributed by atoms with Gasteiger partial charge < -0.3 is 10.6 Å². The van der Waals surface area contributed by atoms with Gasteiger partial charge in [-0.2, -0.15) is 5.10 Å². The molecule has 0 bridgehead atoms. The number of hydrogen-bond acceptors (Lipinski definition) is 3. The van der Waals surface area contributed by atoms with Crippen LogP contribution in [0.25, 0.3) is 0 Å². The fourth-order valence-electron chi connectivity index (χ4n) is 2.77. The molecular formula is C15H18N4O. The number of amides is 1. The van der Waals surface area contributed by atoms with Crippen LogP contribution in [0, 0.1) is 6.92 Å². The minimum absolute atomic E-state index is 0.402. The third-order valence-corrected chi connectivity index (χ3v) is 3.87. The number of carbonyl (C=O) groups is 1. The first-order valence-electron chi connectivity index (χ1n) is 6.72. The number of anilines is 1. The van der Waals surface area contributed by atoms with Crippen LogP contribution in [0.15, 0.2) is 24.3 Å². The molecule has 3 rings (SSSR count). The number of hydrogen-bond donors (Lipinski definition) is 1. The predicted octanol–water partition coefficient (Wildman–Crippen LogP) is 1.39. The van der Waals surface area contributed by atoms with Gasteiger partial charge in [0.25, 0.3) is 5.91 Å². The smallest absolute Gasteiger partial charge is 0.269 e. The summed E-state index contributed by atoms with van der Waals surface area (Å²) >= 11 is 0. The van der Waals surface area contributed by atoms with Crippen LogP contribution in [0.2, 0.25) is 0 Å². The third-order valence-electron chi connectivity index (χ3n) is 3.87. The van der Waals surface area contributed by atoms with Gasteiger partial charge in [-0.3, -0.25) is 9.48 Å². The van der Waals surface area contributed by atoms with E-state index in [4.69, 9.17) is 5.73 Å². The third kappa shape index (κ3) is 2.05. The van der Waals surface area contributed by atoms with Crippen LogP contribution in [-0.4, -0.2) is 22.2 Å². The lowest BCUT2D eigenvalue weighted by molar-refractivity contribution is 0.0994. The van der Waals surface area contributed by atoms with Crippen molar-refractivity contribution in [2.45, 2.75) is 19.9 Å². The zero-order chi connectivity index (χ0) is 14.3. The normalized spacial score (nSPS) is 14.2. The summed E-state index contributed by atoms with van der Waals surface area (Å²) in [6.07, 6.45) is 0.875. The Bertz CT molecular complexity index is 657. The maximum Gasteiger partial charge on any atom is 0.269 e. The predicted molar refractivity (Wildman–Crippen MR) is 77.7 cm³/mol. The number of carbonyl (C=O) groups excluding carboxylic acids is 1. The molecule has 5 heteroatoms. The standard InChI is InChI=1S/C15H18N4O/c1-10-3-5-11(6-4-10)19-8-7-13-12(9-19)14(15(16)20)17-18(13)2/h3-6H,7-9H2,1-2H3,(H2,16,20). The average Bonchev–Trinajstić information content (AvgIpc) is 2.77. The van der Waals surface area contributed by atoms with Crippen LogP contribution < -0.4 is 10.6 Å². The molecule has 2 heterocycles. The van der Waals surface area contributed by atoms with Crippen LogP contribution in [0.5, 0.6) is 0 Å². The molecule has 0 spiro atoms. The van der Waals surface area contributed by atoms with Gasteiger partial charge in [0.2, 0.25) is 0 Å². The Kier molecular flexibility index (Phi) is 2.97. The molecule has 0 unspecified atom stereocenters. The van der Waals surface area contributed by atoms with Crippen molar-refractivity contribution in [3.8, 4) is 0 Å². The van der Waals surface area contributed by atoms with Gasteiger partial charge >= 0.3 is 0 Å². The summed E-state index contributed by atoms with van der Waals surface area (Å²) in [7, 11) is 1.87. The summed E-state index contributed by atoms with van der Waals surface area (Å²) in [6, 6.07) is 8.42. The summed E-state index contributed by atoms with van der Waals surface area (Å²) in [6.45, 7) is 3.68. The van der Waals surface area contributed by atoms with E-state index in [1.54, 1.807) is 4.68 Å². The number of nitrogens with two attached hydrogens (primary N) is 1. The van der Waals surface area contributed by atoms with Crippen molar-refractivity contribution >= 4 is 11.6 Å². The van der Waals surface area contributed by atoms with Crippen molar-refractivity contribution < 1.29 is 4.79 Å². The number of fused-ring (bicyclic) bond motifs is 1. The summed E-state index contributed by atoms with van der Waals surface area (Å²) in [5, 5.41) is 4.25. The van der Waals surface area contributed by atoms with Crippen LogP contribution in [-0.2, 0) is 20.0 Å². The minimum Gasteiger partial charge on any atom is -0.367 e. The van der Waals surface area contributed by atoms with E-state index in [9.17, 15) is 4.79 Å². The molecule has 0 aliphatic carbocycles. The molecule has 104 valence electrons. The molecule has 1 aliphatic rings. The van der Waals surface area contributed by atoms with Gasteiger partial charge in [0, 0.05) is 43.5 Å². The molecule has 1 amide bonds. The lowest BCUT2D eigenvalue weighted by Crippen LogP contribution is -2.31. The summed E-state index contributed by atoms with van der Waals surface area (Å²) in [4.78, 5) is 13.8. The van der Waals surface area contributed by atoms with Crippen molar-refractivity contribution in [3.63, 3.8) is 0 Å². The van der Waals surface area contributed by atoms with E-state index < -0.39 is 5.91 Å². The van der Waals surface area contributed by atoms with E-state index in [1.165, 1.54) is 11.3 Å². The molecule has 0 fully saturated rings. The number of rotatable bonds is 2. The molecule has 20 heavy (non-hydrogen) atoms. The summed E-state index contributed by atoms with van der Waals surface area (Å²) in [5.74, 6) is -0.451. The second-order valence-corrected chi connectivity index (χ2v) is 5.27. The Balaban J connectivity index is 1.95. The van der Waals surface area contributed by atoms with E-state index in [0.29, 0.717) is 12.2 Å². The average molecular weight is 270 g/mol. The number of benzene rings is 1. The highest BCUT2D eigenvalue weighted by molar-refractivity contribution is 5.92. The first kappa shape index (κ1) is 12.7. The Hall–Kier alpha value is -2.30. The second-order valence-electron chi connectivity index (χ2n) is 5.27. The molecule has 0 radical (unpaired) electrons. The van der Waals surface area contributed by atoms with Crippen LogP contribution in [0.1, 0.15) is 27.3 Å². The van der Waals surface area contributed by atoms with Crippen LogP contribution in [0.4, 0.5) is 5.69 Å². The van der Waals surface area contributed by atoms with Crippen LogP contribution in [0.3, 0.4) is 0 Å². The maximum absolute atomic E-state index is 11.5. The molecular weight excluding hydrogens is 252 g/mol. The molecule has 1 aliphatic heterocycles. The Morgan fingerprint density at radius 3 is 2.65 bits per heavy atom. The van der Waals surface area contributed by atoms with Crippen molar-refractivity contribution in [3.05, 3.63) is 46.8 Å². The van der Waals surface area contributed by atoms with Crippen LogP contribution >= 0.6 is 0 Å². The van der Waals surface area contributed by atoms with Gasteiger partial charge in [0.05, 0.1) is 0 Å². The van der Waals surface area contributed by atoms with E-state index in [0.717, 1.165) is 24.2 Å². The first-order chi connectivity index (χ1) is 9.56. The highest BCUT2D eigenvalue weighted by Gasteiger charge is 2.26.